The summed E-state index contributed by atoms with van der Waals surface area (Å²) in [5.41, 5.74) is 0.676. The van der Waals surface area contributed by atoms with Gasteiger partial charge in [0.2, 0.25) is 11.9 Å². The van der Waals surface area contributed by atoms with E-state index in [4.69, 9.17) is 4.84 Å². The van der Waals surface area contributed by atoms with Gasteiger partial charge in [-0.25, -0.2) is 0 Å². The molecule has 60 valence electrons. The van der Waals surface area contributed by atoms with Crippen molar-refractivity contribution in [3.63, 3.8) is 0 Å². The van der Waals surface area contributed by atoms with Gasteiger partial charge in [-0.3, -0.25) is 9.59 Å². The lowest BCUT2D eigenvalue weighted by atomic mass is 9.96. The zero-order chi connectivity index (χ0) is 8.55. The molecule has 0 fully saturated rings. The number of allylic oxidation sites excluding steroid dienone is 2. The highest BCUT2D eigenvalue weighted by atomic mass is 16.6. The highest BCUT2D eigenvalue weighted by molar-refractivity contribution is 6.44. The lowest BCUT2D eigenvalue weighted by molar-refractivity contribution is -0.140. The van der Waals surface area contributed by atoms with Gasteiger partial charge in [0.15, 0.2) is 0 Å². The largest absolute Gasteiger partial charge is 0.379 e. The number of Topliss-reactive ketones (excluding diaryl/α,β-unsaturated/α-hetero) is 1. The third-order valence-corrected chi connectivity index (χ3v) is 1.71. The lowest BCUT2D eigenvalue weighted by Crippen LogP contribution is -2.34. The van der Waals surface area contributed by atoms with E-state index in [1.807, 2.05) is 0 Å². The summed E-state index contributed by atoms with van der Waals surface area (Å²) in [5, 5.41) is 3.44. The molecule has 2 rings (SSSR count). The van der Waals surface area contributed by atoms with Crippen LogP contribution in [-0.4, -0.2) is 23.9 Å². The maximum absolute atomic E-state index is 11.1. The number of ketones is 2. The normalized spacial score (nSPS) is 26.3. The van der Waals surface area contributed by atoms with Gasteiger partial charge in [-0.1, -0.05) is 11.2 Å². The van der Waals surface area contributed by atoms with Gasteiger partial charge in [-0.15, -0.1) is 0 Å². The Labute approximate surface area is 68.2 Å². The average Bonchev–Trinajstić information content (AvgIpc) is 2.12. The molecule has 0 spiro atoms. The minimum Gasteiger partial charge on any atom is -0.379 e. The molecule has 0 amide bonds. The summed E-state index contributed by atoms with van der Waals surface area (Å²) in [6.07, 6.45) is 5.09. The fourth-order valence-electron chi connectivity index (χ4n) is 1.09. The predicted molar refractivity (Wildman–Crippen MR) is 40.6 cm³/mol. The Bertz CT molecular complexity index is 338. The summed E-state index contributed by atoms with van der Waals surface area (Å²) in [4.78, 5) is 26.7. The van der Waals surface area contributed by atoms with Crippen LogP contribution in [0.2, 0.25) is 0 Å². The fourth-order valence-corrected chi connectivity index (χ4v) is 1.09. The van der Waals surface area contributed by atoms with E-state index < -0.39 is 17.7 Å². The second-order valence-electron chi connectivity index (χ2n) is 2.47. The number of oxime groups is 1. The molecule has 0 aromatic heterocycles. The maximum Gasteiger partial charge on any atom is 0.250 e. The van der Waals surface area contributed by atoms with Gasteiger partial charge in [0, 0.05) is 5.57 Å². The minimum atomic E-state index is -0.813. The van der Waals surface area contributed by atoms with E-state index in [9.17, 15) is 9.59 Å². The van der Waals surface area contributed by atoms with Gasteiger partial charge >= 0.3 is 0 Å². The molecule has 4 nitrogen and oxygen atoms in total. The van der Waals surface area contributed by atoms with E-state index in [1.54, 1.807) is 12.2 Å². The number of nitrogens with zero attached hydrogens (tertiary/aromatic N) is 1. The van der Waals surface area contributed by atoms with E-state index in [-0.39, 0.29) is 0 Å². The second-order valence-corrected chi connectivity index (χ2v) is 2.47. The lowest BCUT2D eigenvalue weighted by Gasteiger charge is -2.18. The molecule has 1 atom stereocenters. The van der Waals surface area contributed by atoms with Gasteiger partial charge < -0.3 is 4.84 Å². The molecule has 4 heteroatoms. The van der Waals surface area contributed by atoms with Crippen molar-refractivity contribution in [1.29, 1.82) is 0 Å². The number of carbonyl (C=O) groups is 2. The third-order valence-electron chi connectivity index (χ3n) is 1.71. The van der Waals surface area contributed by atoms with Crippen LogP contribution in [0.3, 0.4) is 0 Å². The molecular weight excluding hydrogens is 158 g/mol. The van der Waals surface area contributed by atoms with Crippen LogP contribution in [0, 0.1) is 0 Å². The zero-order valence-electron chi connectivity index (χ0n) is 6.06. The van der Waals surface area contributed by atoms with E-state index in [1.165, 1.54) is 12.3 Å². The van der Waals surface area contributed by atoms with Crippen molar-refractivity contribution in [1.82, 2.24) is 0 Å². The van der Waals surface area contributed by atoms with E-state index in [0.717, 1.165) is 0 Å². The quantitative estimate of drug-likeness (QED) is 0.472. The van der Waals surface area contributed by atoms with Crippen LogP contribution in [0.15, 0.2) is 29.0 Å². The van der Waals surface area contributed by atoms with Crippen molar-refractivity contribution >= 4 is 17.8 Å². The van der Waals surface area contributed by atoms with Crippen molar-refractivity contribution in [3.05, 3.63) is 23.8 Å². The zero-order valence-corrected chi connectivity index (χ0v) is 6.06. The number of hydrogen-bond donors (Lipinski definition) is 0. The molecule has 1 unspecified atom stereocenters. The highest BCUT2D eigenvalue weighted by Gasteiger charge is 2.32. The van der Waals surface area contributed by atoms with Crippen molar-refractivity contribution in [2.45, 2.75) is 6.10 Å². The van der Waals surface area contributed by atoms with Crippen molar-refractivity contribution in [2.24, 2.45) is 5.16 Å². The van der Waals surface area contributed by atoms with Crippen LogP contribution in [0.1, 0.15) is 0 Å². The summed E-state index contributed by atoms with van der Waals surface area (Å²) in [5.74, 6) is -1.09. The monoisotopic (exact) mass is 163 g/mol. The Balaban J connectivity index is 2.43. The third kappa shape index (κ3) is 0.887. The number of rotatable bonds is 0. The van der Waals surface area contributed by atoms with Crippen molar-refractivity contribution in [2.75, 3.05) is 0 Å². The summed E-state index contributed by atoms with van der Waals surface area (Å²) in [7, 11) is 0. The van der Waals surface area contributed by atoms with Crippen LogP contribution >= 0.6 is 0 Å². The van der Waals surface area contributed by atoms with Crippen molar-refractivity contribution in [3.8, 4) is 0 Å². The Morgan fingerprint density at radius 3 is 3.00 bits per heavy atom. The molecule has 0 saturated carbocycles. The molecule has 2 aliphatic rings. The Morgan fingerprint density at radius 1 is 1.33 bits per heavy atom. The van der Waals surface area contributed by atoms with Crippen molar-refractivity contribution < 1.29 is 14.4 Å². The molecule has 0 aromatic carbocycles. The minimum absolute atomic E-state index is 0.533. The van der Waals surface area contributed by atoms with Gasteiger partial charge in [0.25, 0.3) is 5.78 Å². The molecule has 0 radical (unpaired) electrons. The van der Waals surface area contributed by atoms with Crippen LogP contribution in [0.4, 0.5) is 0 Å². The summed E-state index contributed by atoms with van der Waals surface area (Å²) in [6, 6.07) is 0. The van der Waals surface area contributed by atoms with E-state index in [0.29, 0.717) is 5.57 Å². The number of hydrogen-bond acceptors (Lipinski definition) is 4. The maximum atomic E-state index is 11.1. The fraction of sp³-hybridized carbons (Fsp3) is 0.125. The van der Waals surface area contributed by atoms with Gasteiger partial charge in [0.1, 0.15) is 0 Å². The summed E-state index contributed by atoms with van der Waals surface area (Å²) in [6.45, 7) is 0. The van der Waals surface area contributed by atoms with Crippen LogP contribution in [0.25, 0.3) is 0 Å². The van der Waals surface area contributed by atoms with Crippen LogP contribution in [-0.2, 0) is 14.4 Å². The molecular formula is C8H5NO3. The Morgan fingerprint density at radius 2 is 2.17 bits per heavy atom. The number of carbonyl (C=O) groups excluding carboxylic acids is 2. The molecule has 1 aliphatic carbocycles. The smallest absolute Gasteiger partial charge is 0.250 e. The molecule has 0 aromatic rings. The van der Waals surface area contributed by atoms with Gasteiger partial charge in [-0.2, -0.15) is 0 Å². The molecule has 1 aliphatic heterocycles. The Hall–Kier alpha value is -1.71. The predicted octanol–water partition coefficient (Wildman–Crippen LogP) is 0.00540. The van der Waals surface area contributed by atoms with E-state index >= 15 is 0 Å². The van der Waals surface area contributed by atoms with Crippen LogP contribution in [0.5, 0.6) is 0 Å². The van der Waals surface area contributed by atoms with Gasteiger partial charge in [-0.05, 0) is 12.2 Å². The number of fused-ring (bicyclic) bond motifs is 1. The first-order valence-corrected chi connectivity index (χ1v) is 3.44. The SMILES string of the molecule is O=C1C=CC2=CC=NOC2C1=O. The van der Waals surface area contributed by atoms with E-state index in [2.05, 4.69) is 5.16 Å². The molecule has 0 bridgehead atoms. The first kappa shape index (κ1) is 6.97. The first-order chi connectivity index (χ1) is 5.79. The van der Waals surface area contributed by atoms with Crippen LogP contribution < -0.4 is 0 Å². The molecule has 12 heavy (non-hydrogen) atoms. The van der Waals surface area contributed by atoms with Gasteiger partial charge in [0.05, 0.1) is 6.21 Å². The second kappa shape index (κ2) is 2.41. The summed E-state index contributed by atoms with van der Waals surface area (Å²) < 4.78 is 0. The standard InChI is InChI=1S/C8H5NO3/c10-6-2-1-5-3-4-9-12-8(5)7(6)11/h1-4,8H. The Kier molecular flexibility index (Phi) is 1.40. The molecule has 0 N–H and O–H groups in total. The summed E-state index contributed by atoms with van der Waals surface area (Å²) >= 11 is 0. The highest BCUT2D eigenvalue weighted by Crippen LogP contribution is 2.17. The first-order valence-electron chi connectivity index (χ1n) is 3.44. The molecule has 0 saturated heterocycles. The molecule has 1 heterocycles. The average molecular weight is 163 g/mol. The topological polar surface area (TPSA) is 55.7 Å².